The van der Waals surface area contributed by atoms with Gasteiger partial charge in [0.2, 0.25) is 0 Å². The molecule has 0 aliphatic heterocycles. The summed E-state index contributed by atoms with van der Waals surface area (Å²) in [6.07, 6.45) is 2.03. The van der Waals surface area contributed by atoms with Crippen LogP contribution < -0.4 is 5.56 Å². The molecule has 2 aromatic rings. The summed E-state index contributed by atoms with van der Waals surface area (Å²) in [5.74, 6) is 0. The molecule has 0 amide bonds. The quantitative estimate of drug-likeness (QED) is 0.535. The maximum atomic E-state index is 12.2. The van der Waals surface area contributed by atoms with Crippen molar-refractivity contribution in [1.29, 1.82) is 0 Å². The molecule has 0 aliphatic carbocycles. The van der Waals surface area contributed by atoms with Crippen LogP contribution in [-0.4, -0.2) is 28.9 Å². The van der Waals surface area contributed by atoms with Crippen molar-refractivity contribution in [3.8, 4) is 11.3 Å². The fourth-order valence-corrected chi connectivity index (χ4v) is 2.44. The average molecular weight is 291 g/mol. The number of aromatic nitrogens is 2. The van der Waals surface area contributed by atoms with Crippen molar-refractivity contribution in [2.75, 3.05) is 13.4 Å². The Morgan fingerprint density at radius 3 is 2.55 bits per heavy atom. The van der Waals surface area contributed by atoms with E-state index in [0.717, 1.165) is 11.3 Å². The van der Waals surface area contributed by atoms with Gasteiger partial charge >= 0.3 is 0 Å². The largest absolute Gasteiger partial charge is 0.399 e. The monoisotopic (exact) mass is 291 g/mol. The maximum absolute atomic E-state index is 12.2. The molecule has 1 heterocycles. The van der Waals surface area contributed by atoms with Gasteiger partial charge in [-0.2, -0.15) is 0 Å². The van der Waals surface area contributed by atoms with E-state index >= 15 is 0 Å². The van der Waals surface area contributed by atoms with Crippen LogP contribution >= 0.6 is 11.8 Å². The molecule has 0 fully saturated rings. The number of aryl methyl sites for hydroxylation is 1. The molecule has 0 atom stereocenters. The van der Waals surface area contributed by atoms with Gasteiger partial charge in [0.05, 0.1) is 17.0 Å². The summed E-state index contributed by atoms with van der Waals surface area (Å²) >= 11 is 1.68. The molecule has 0 spiro atoms. The smallest absolute Gasteiger partial charge is 0.276 e. The molecule has 0 saturated heterocycles. The highest BCUT2D eigenvalue weighted by molar-refractivity contribution is 7.98. The molecule has 0 saturated carbocycles. The highest BCUT2D eigenvalue weighted by Crippen LogP contribution is 2.23. The van der Waals surface area contributed by atoms with Crippen LogP contribution in [0.1, 0.15) is 12.5 Å². The summed E-state index contributed by atoms with van der Waals surface area (Å²) < 4.78 is 1.45. The Bertz CT molecular complexity index is 683. The predicted octanol–water partition coefficient (Wildman–Crippen LogP) is 2.47. The Kier molecular flexibility index (Phi) is 4.34. The summed E-state index contributed by atoms with van der Waals surface area (Å²) in [5, 5.41) is 6.94. The van der Waals surface area contributed by atoms with E-state index in [1.165, 1.54) is 16.7 Å². The fourth-order valence-electron chi connectivity index (χ4n) is 2.03. The van der Waals surface area contributed by atoms with E-state index in [2.05, 4.69) is 10.3 Å². The Labute approximate surface area is 121 Å². The normalized spacial score (nSPS) is 11.7. The molecule has 0 radical (unpaired) electrons. The second-order valence-electron chi connectivity index (χ2n) is 4.31. The van der Waals surface area contributed by atoms with E-state index in [9.17, 15) is 4.79 Å². The summed E-state index contributed by atoms with van der Waals surface area (Å²) in [6.45, 7) is 1.76. The first kappa shape index (κ1) is 14.5. The maximum Gasteiger partial charge on any atom is 0.276 e. The van der Waals surface area contributed by atoms with E-state index in [-0.39, 0.29) is 5.56 Å². The van der Waals surface area contributed by atoms with E-state index in [0.29, 0.717) is 11.3 Å². The third kappa shape index (κ3) is 2.65. The highest BCUT2D eigenvalue weighted by Gasteiger charge is 2.17. The van der Waals surface area contributed by atoms with Crippen molar-refractivity contribution >= 4 is 17.5 Å². The summed E-state index contributed by atoms with van der Waals surface area (Å²) in [4.78, 5) is 18.1. The van der Waals surface area contributed by atoms with Gasteiger partial charge in [0.25, 0.3) is 5.56 Å². The van der Waals surface area contributed by atoms with Gasteiger partial charge in [-0.15, -0.1) is 11.8 Å². The number of benzene rings is 1. The van der Waals surface area contributed by atoms with Gasteiger partial charge in [-0.1, -0.05) is 17.3 Å². The number of aromatic amines is 1. The summed E-state index contributed by atoms with van der Waals surface area (Å²) in [7, 11) is 3.15. The number of hydrogen-bond donors (Lipinski definition) is 1. The number of nitrogens with zero attached hydrogens (tertiary/aromatic N) is 2. The number of thioether (sulfide) groups is 1. The molecule has 20 heavy (non-hydrogen) atoms. The molecule has 0 unspecified atom stereocenters. The SMILES string of the molecule is CON=C(C)c1c(-c2ccc(SC)cc2)[nH]n(C)c1=O. The van der Waals surface area contributed by atoms with Gasteiger partial charge in [0, 0.05) is 17.5 Å². The lowest BCUT2D eigenvalue weighted by Crippen LogP contribution is -2.18. The standard InChI is InChI=1S/C14H17N3O2S/c1-9(16-19-3)12-13(15-17(2)14(12)18)10-5-7-11(20-4)8-6-10/h5-8,15H,1-4H3. The zero-order valence-corrected chi connectivity index (χ0v) is 12.7. The average Bonchev–Trinajstić information content (AvgIpc) is 2.75. The van der Waals surface area contributed by atoms with Crippen LogP contribution in [0.25, 0.3) is 11.3 Å². The van der Waals surface area contributed by atoms with Crippen molar-refractivity contribution in [3.05, 3.63) is 40.2 Å². The van der Waals surface area contributed by atoms with Crippen LogP contribution in [0.2, 0.25) is 0 Å². The van der Waals surface area contributed by atoms with Crippen molar-refractivity contribution < 1.29 is 4.84 Å². The molecular formula is C14H17N3O2S. The van der Waals surface area contributed by atoms with Crippen molar-refractivity contribution in [3.63, 3.8) is 0 Å². The number of rotatable bonds is 4. The van der Waals surface area contributed by atoms with E-state index in [1.54, 1.807) is 25.7 Å². The van der Waals surface area contributed by atoms with Gasteiger partial charge in [0.15, 0.2) is 0 Å². The lowest BCUT2D eigenvalue weighted by molar-refractivity contribution is 0.213. The first-order valence-corrected chi connectivity index (χ1v) is 7.32. The van der Waals surface area contributed by atoms with Crippen LogP contribution in [0.15, 0.2) is 39.1 Å². The van der Waals surface area contributed by atoms with Gasteiger partial charge < -0.3 is 4.84 Å². The van der Waals surface area contributed by atoms with Crippen LogP contribution in [0.5, 0.6) is 0 Å². The summed E-state index contributed by atoms with van der Waals surface area (Å²) in [6, 6.07) is 8.02. The first-order valence-electron chi connectivity index (χ1n) is 6.10. The van der Waals surface area contributed by atoms with Crippen molar-refractivity contribution in [2.24, 2.45) is 12.2 Å². The van der Waals surface area contributed by atoms with Gasteiger partial charge in [-0.25, -0.2) is 0 Å². The minimum atomic E-state index is -0.118. The zero-order chi connectivity index (χ0) is 14.7. The number of nitrogens with one attached hydrogen (secondary N) is 1. The topological polar surface area (TPSA) is 59.4 Å². The van der Waals surface area contributed by atoms with Gasteiger partial charge in [0.1, 0.15) is 7.11 Å². The lowest BCUT2D eigenvalue weighted by Gasteiger charge is -2.03. The molecule has 2 rings (SSSR count). The highest BCUT2D eigenvalue weighted by atomic mass is 32.2. The first-order chi connectivity index (χ1) is 9.58. The van der Waals surface area contributed by atoms with E-state index in [1.807, 2.05) is 30.5 Å². The van der Waals surface area contributed by atoms with Crippen LogP contribution in [-0.2, 0) is 11.9 Å². The molecule has 1 N–H and O–H groups in total. The number of oxime groups is 1. The molecule has 0 aliphatic rings. The Balaban J connectivity index is 2.58. The molecular weight excluding hydrogens is 274 g/mol. The Hall–Kier alpha value is -1.95. The van der Waals surface area contributed by atoms with Gasteiger partial charge in [-0.3, -0.25) is 14.6 Å². The number of hydrogen-bond acceptors (Lipinski definition) is 4. The minimum absolute atomic E-state index is 0.118. The minimum Gasteiger partial charge on any atom is -0.399 e. The lowest BCUT2D eigenvalue weighted by atomic mass is 10.1. The Morgan fingerprint density at radius 1 is 1.35 bits per heavy atom. The zero-order valence-electron chi connectivity index (χ0n) is 11.9. The van der Waals surface area contributed by atoms with E-state index < -0.39 is 0 Å². The second-order valence-corrected chi connectivity index (χ2v) is 5.19. The molecule has 1 aromatic carbocycles. The second kappa shape index (κ2) is 6.00. The van der Waals surface area contributed by atoms with Crippen molar-refractivity contribution in [2.45, 2.75) is 11.8 Å². The molecule has 5 nitrogen and oxygen atoms in total. The molecule has 106 valence electrons. The molecule has 1 aromatic heterocycles. The van der Waals surface area contributed by atoms with Crippen LogP contribution in [0, 0.1) is 0 Å². The predicted molar refractivity (Wildman–Crippen MR) is 82.5 cm³/mol. The van der Waals surface area contributed by atoms with Crippen LogP contribution in [0.4, 0.5) is 0 Å². The third-order valence-electron chi connectivity index (χ3n) is 3.02. The van der Waals surface area contributed by atoms with Crippen molar-refractivity contribution in [1.82, 2.24) is 9.78 Å². The molecule has 0 bridgehead atoms. The number of H-pyrrole nitrogens is 1. The van der Waals surface area contributed by atoms with Crippen LogP contribution in [0.3, 0.4) is 0 Å². The van der Waals surface area contributed by atoms with Gasteiger partial charge in [-0.05, 0) is 25.3 Å². The summed E-state index contributed by atoms with van der Waals surface area (Å²) in [5.41, 5.74) is 2.67. The third-order valence-corrected chi connectivity index (χ3v) is 3.76. The molecule has 6 heteroatoms. The Morgan fingerprint density at radius 2 is 2.00 bits per heavy atom. The fraction of sp³-hybridized carbons (Fsp3) is 0.286. The van der Waals surface area contributed by atoms with E-state index in [4.69, 9.17) is 4.84 Å².